The molecule has 5 rings (SSSR count). The van der Waals surface area contributed by atoms with Crippen LogP contribution in [-0.2, 0) is 164 Å². The van der Waals surface area contributed by atoms with E-state index in [2.05, 4.69) is 177 Å². The molecule has 0 N–H and O–H groups in total. The minimum Gasteiger partial charge on any atom is -0.180 e. The minimum atomic E-state index is 0. The molecule has 5 radical (unpaired) electrons. The molecule has 0 heterocycles. The van der Waals surface area contributed by atoms with Crippen molar-refractivity contribution in [3.05, 3.63) is 174 Å². The zero-order valence-electron chi connectivity index (χ0n) is 33.8. The van der Waals surface area contributed by atoms with E-state index < -0.39 is 0 Å². The Morgan fingerprint density at radius 1 is 0.300 bits per heavy atom. The molecule has 5 aromatic carbocycles. The molecule has 0 nitrogen and oxygen atoms in total. The maximum absolute atomic E-state index is 3.17. The monoisotopic (exact) mass is 1050 g/mol. The van der Waals surface area contributed by atoms with Crippen LogP contribution in [0.3, 0.4) is 0 Å². The molecule has 0 unspecified atom stereocenters. The molecular weight excluding hydrogens is 985 g/mol. The van der Waals surface area contributed by atoms with Crippen LogP contribution in [0, 0.1) is 122 Å². The second-order valence-corrected chi connectivity index (χ2v) is 12.6. The van der Waals surface area contributed by atoms with E-state index in [4.69, 9.17) is 0 Å². The molecule has 0 fully saturated rings. The zero-order chi connectivity index (χ0) is 34.3. The summed E-state index contributed by atoms with van der Waals surface area (Å²) in [7, 11) is 0. The van der Waals surface area contributed by atoms with Crippen LogP contribution in [0.4, 0.5) is 0 Å². The molecule has 0 amide bonds. The van der Waals surface area contributed by atoms with Crippen molar-refractivity contribution in [2.75, 3.05) is 0 Å². The summed E-state index contributed by atoms with van der Waals surface area (Å²) in [6.45, 7) is 31.6. The minimum absolute atomic E-state index is 0. The third kappa shape index (κ3) is 26.4. The van der Waals surface area contributed by atoms with Crippen molar-refractivity contribution < 1.29 is 166 Å². The Hall–Kier alpha value is 1.62. The molecule has 0 aliphatic rings. The summed E-state index contributed by atoms with van der Waals surface area (Å²) in [5.41, 5.74) is 19.8. The van der Waals surface area contributed by atoms with E-state index in [1.54, 1.807) is 0 Å². The molecule has 0 saturated carbocycles. The van der Waals surface area contributed by atoms with Gasteiger partial charge < -0.3 is 0 Å². The van der Waals surface area contributed by atoms with Gasteiger partial charge in [0.25, 0.3) is 0 Å². The van der Waals surface area contributed by atoms with Crippen molar-refractivity contribution in [2.45, 2.75) is 104 Å². The van der Waals surface area contributed by atoms with Crippen LogP contribution in [0.25, 0.3) is 0 Å². The summed E-state index contributed by atoms with van der Waals surface area (Å²) in [6.07, 6.45) is 0. The van der Waals surface area contributed by atoms with Crippen LogP contribution in [-0.4, -0.2) is 0 Å². The normalized spacial score (nSPS) is 8.70. The first-order chi connectivity index (χ1) is 21.0. The van der Waals surface area contributed by atoms with Gasteiger partial charge in [-0.1, -0.05) is 110 Å². The van der Waals surface area contributed by atoms with Gasteiger partial charge in [0.2, 0.25) is 0 Å². The van der Waals surface area contributed by atoms with Gasteiger partial charge in [-0.15, -0.1) is 0 Å². The van der Waals surface area contributed by atoms with Crippen molar-refractivity contribution in [3.63, 3.8) is 0 Å². The van der Waals surface area contributed by atoms with E-state index >= 15 is 0 Å². The molecule has 0 bridgehead atoms. The predicted molar refractivity (Wildman–Crippen MR) is 204 cm³/mol. The topological polar surface area (TPSA) is 0 Å². The van der Waals surface area contributed by atoms with E-state index in [-0.39, 0.29) is 166 Å². The Bertz CT molecular complexity index is 1380. The Balaban J connectivity index is -0.0000000942. The van der Waals surface area contributed by atoms with Crippen LogP contribution < -0.4 is 0 Å². The number of hydrogen-bond acceptors (Lipinski definition) is 0. The van der Waals surface area contributed by atoms with Gasteiger partial charge in [-0.3, -0.25) is 0 Å². The Kier molecular flexibility index (Phi) is 40.0. The summed E-state index contributed by atoms with van der Waals surface area (Å²) in [5, 5.41) is 0. The van der Waals surface area contributed by atoms with E-state index in [0.717, 1.165) is 0 Å². The first-order valence-electron chi connectivity index (χ1n) is 15.9. The molecule has 259 valence electrons. The van der Waals surface area contributed by atoms with Crippen LogP contribution in [0.5, 0.6) is 0 Å². The van der Waals surface area contributed by atoms with Gasteiger partial charge in [0.15, 0.2) is 0 Å². The third-order valence-electron chi connectivity index (χ3n) is 8.00. The van der Waals surface area contributed by atoms with E-state index in [1.807, 2.05) is 18.2 Å². The fourth-order valence-electron chi connectivity index (χ4n) is 4.25. The quantitative estimate of drug-likeness (QED) is 0.136. The first-order valence-corrected chi connectivity index (χ1v) is 15.9. The average Bonchev–Trinajstić information content (AvgIpc) is 2.97. The zero-order valence-corrected chi connectivity index (χ0v) is 48.0. The van der Waals surface area contributed by atoms with E-state index in [1.165, 1.54) is 83.5 Å². The summed E-state index contributed by atoms with van der Waals surface area (Å²) >= 11 is 0. The molecule has 0 aromatic heterocycles. The van der Waals surface area contributed by atoms with Gasteiger partial charge in [-0.2, -0.15) is 105 Å². The summed E-state index contributed by atoms with van der Waals surface area (Å²) in [5.74, 6) is 0. The van der Waals surface area contributed by atoms with Gasteiger partial charge in [-0.25, -0.2) is 0 Å². The number of hydrogen-bond donors (Lipinski definition) is 0. The maximum Gasteiger partial charge on any atom is 0 e. The molecule has 0 saturated heterocycles. The fraction of sp³-hybridized carbons (Fsp3) is 0.333. The molecule has 0 spiro atoms. The van der Waals surface area contributed by atoms with Crippen LogP contribution >= 0.6 is 0 Å². The number of rotatable bonds is 0. The number of aryl methyl sites for hydroxylation is 15. The summed E-state index contributed by atoms with van der Waals surface area (Å²) in [4.78, 5) is 0. The molecular formula is C45H61Y5-3. The third-order valence-corrected chi connectivity index (χ3v) is 8.00. The molecule has 0 aliphatic heterocycles. The van der Waals surface area contributed by atoms with E-state index in [0.29, 0.717) is 0 Å². The van der Waals surface area contributed by atoms with Gasteiger partial charge in [-0.05, 0) is 63.8 Å². The van der Waals surface area contributed by atoms with Crippen LogP contribution in [0.1, 0.15) is 86.3 Å². The van der Waals surface area contributed by atoms with Crippen molar-refractivity contribution in [3.8, 4) is 0 Å². The smallest absolute Gasteiger partial charge is 0 e. The van der Waals surface area contributed by atoms with Gasteiger partial charge in [0, 0.05) is 166 Å². The van der Waals surface area contributed by atoms with Gasteiger partial charge >= 0.3 is 0 Å². The Labute approximate surface area is 437 Å². The van der Waals surface area contributed by atoms with Gasteiger partial charge in [0.1, 0.15) is 0 Å². The van der Waals surface area contributed by atoms with Gasteiger partial charge in [0.05, 0.1) is 0 Å². The predicted octanol–water partition coefficient (Wildman–Crippen LogP) is 12.9. The van der Waals surface area contributed by atoms with Crippen molar-refractivity contribution in [1.82, 2.24) is 0 Å². The molecule has 5 heteroatoms. The molecule has 0 atom stereocenters. The SMILES string of the molecule is Cc1[c-]cc(C)c(C)c1.Cc1c[c-]c(C)c(C)c1.Cc1c[c-]c(C)c(C)c1.Cc1ccc(C)c(C)c1.Cc1ccc(C)c(C)c1.[HH].[HH].[Y].[Y].[Y].[Y].[Y]. The van der Waals surface area contributed by atoms with Crippen LogP contribution in [0.2, 0.25) is 0 Å². The van der Waals surface area contributed by atoms with Crippen molar-refractivity contribution >= 4 is 0 Å². The molecule has 0 aliphatic carbocycles. The second-order valence-electron chi connectivity index (χ2n) is 12.6. The Morgan fingerprint density at radius 3 is 0.860 bits per heavy atom. The average molecular weight is 1050 g/mol. The first kappa shape index (κ1) is 60.9. The second kappa shape index (κ2) is 32.8. The maximum atomic E-state index is 3.17. The standard InChI is InChI=1S/2C9H12.3C9H11.5Y.2H2/c5*1-7-4-5-8(2)9(3)6-7;;;;;;;/h2*4-6H,1-3H3;5-6H,1-3H3;2*4,6H,1-3H3;;;;;;2*1H/q;;3*-1;;;;;;;. The largest absolute Gasteiger partial charge is 0.180 e. The fourth-order valence-corrected chi connectivity index (χ4v) is 4.25. The van der Waals surface area contributed by atoms with Crippen LogP contribution in [0.15, 0.2) is 72.8 Å². The van der Waals surface area contributed by atoms with Crippen molar-refractivity contribution in [2.24, 2.45) is 0 Å². The molecule has 50 heavy (non-hydrogen) atoms. The molecule has 5 aromatic rings. The number of benzene rings is 5. The summed E-state index contributed by atoms with van der Waals surface area (Å²) in [6, 6.07) is 35.0. The van der Waals surface area contributed by atoms with E-state index in [9.17, 15) is 0 Å². The summed E-state index contributed by atoms with van der Waals surface area (Å²) < 4.78 is 0. The van der Waals surface area contributed by atoms with Crippen molar-refractivity contribution in [1.29, 1.82) is 0 Å². The Morgan fingerprint density at radius 2 is 0.620 bits per heavy atom.